The van der Waals surface area contributed by atoms with E-state index in [9.17, 15) is 0 Å². The fourth-order valence-corrected chi connectivity index (χ4v) is 4.02. The highest BCUT2D eigenvalue weighted by Gasteiger charge is 2.18. The molecule has 2 rings (SSSR count). The van der Waals surface area contributed by atoms with Gasteiger partial charge in [0, 0.05) is 17.8 Å². The number of likely N-dealkylation sites (tertiary alicyclic amines) is 1. The van der Waals surface area contributed by atoms with Gasteiger partial charge in [0.2, 0.25) is 0 Å². The van der Waals surface area contributed by atoms with Crippen LogP contribution in [0.1, 0.15) is 56.2 Å². The first-order valence-electron chi connectivity index (χ1n) is 7.56. The molecular weight excluding hydrogens is 276 g/mol. The molecule has 0 N–H and O–H groups in total. The summed E-state index contributed by atoms with van der Waals surface area (Å²) in [5.74, 6) is 0.542. The van der Waals surface area contributed by atoms with Crippen LogP contribution < -0.4 is 0 Å². The molecule has 1 fully saturated rings. The van der Waals surface area contributed by atoms with Crippen LogP contribution in [0, 0.1) is 0 Å². The summed E-state index contributed by atoms with van der Waals surface area (Å²) in [7, 11) is 0. The monoisotopic (exact) mass is 300 g/mol. The third kappa shape index (κ3) is 4.73. The zero-order chi connectivity index (χ0) is 13.5. The van der Waals surface area contributed by atoms with Crippen molar-refractivity contribution in [3.63, 3.8) is 0 Å². The minimum absolute atomic E-state index is 0.542. The SMILES string of the molecule is CCC1CCCCCN1CCCc1nc(CCl)cs1. The number of halogens is 1. The van der Waals surface area contributed by atoms with E-state index < -0.39 is 0 Å². The predicted molar refractivity (Wildman–Crippen MR) is 84.1 cm³/mol. The van der Waals surface area contributed by atoms with E-state index in [1.807, 2.05) is 0 Å². The van der Waals surface area contributed by atoms with Gasteiger partial charge in [0.05, 0.1) is 16.6 Å². The van der Waals surface area contributed by atoms with Crippen molar-refractivity contribution in [3.05, 3.63) is 16.1 Å². The molecule has 1 unspecified atom stereocenters. The summed E-state index contributed by atoms with van der Waals surface area (Å²) in [4.78, 5) is 7.25. The maximum Gasteiger partial charge on any atom is 0.0929 e. The van der Waals surface area contributed by atoms with Crippen molar-refractivity contribution in [1.82, 2.24) is 9.88 Å². The van der Waals surface area contributed by atoms with Gasteiger partial charge < -0.3 is 4.90 Å². The van der Waals surface area contributed by atoms with Gasteiger partial charge in [0.25, 0.3) is 0 Å². The smallest absolute Gasteiger partial charge is 0.0929 e. The summed E-state index contributed by atoms with van der Waals surface area (Å²) in [6.45, 7) is 4.86. The second-order valence-electron chi connectivity index (χ2n) is 5.42. The van der Waals surface area contributed by atoms with E-state index >= 15 is 0 Å². The molecule has 0 bridgehead atoms. The minimum atomic E-state index is 0.542. The Morgan fingerprint density at radius 2 is 2.32 bits per heavy atom. The van der Waals surface area contributed by atoms with Gasteiger partial charge in [-0.05, 0) is 38.8 Å². The first-order valence-corrected chi connectivity index (χ1v) is 8.98. The highest BCUT2D eigenvalue weighted by Crippen LogP contribution is 2.20. The molecule has 2 nitrogen and oxygen atoms in total. The van der Waals surface area contributed by atoms with E-state index in [4.69, 9.17) is 11.6 Å². The van der Waals surface area contributed by atoms with Crippen molar-refractivity contribution in [2.75, 3.05) is 13.1 Å². The second kappa shape index (κ2) is 8.23. The van der Waals surface area contributed by atoms with Gasteiger partial charge in [-0.2, -0.15) is 0 Å². The Bertz CT molecular complexity index is 367. The summed E-state index contributed by atoms with van der Waals surface area (Å²) in [6, 6.07) is 0.817. The molecule has 19 heavy (non-hydrogen) atoms. The van der Waals surface area contributed by atoms with Gasteiger partial charge in [0.1, 0.15) is 0 Å². The quantitative estimate of drug-likeness (QED) is 0.721. The molecule has 1 aromatic heterocycles. The molecule has 0 aromatic carbocycles. The first kappa shape index (κ1) is 15.3. The Hall–Kier alpha value is -0.120. The number of hydrogen-bond donors (Lipinski definition) is 0. The lowest BCUT2D eigenvalue weighted by atomic mass is 10.1. The number of alkyl halides is 1. The van der Waals surface area contributed by atoms with Crippen molar-refractivity contribution < 1.29 is 0 Å². The summed E-state index contributed by atoms with van der Waals surface area (Å²) in [6.07, 6.45) is 9.24. The van der Waals surface area contributed by atoms with E-state index in [-0.39, 0.29) is 0 Å². The van der Waals surface area contributed by atoms with Crippen molar-refractivity contribution in [3.8, 4) is 0 Å². The summed E-state index contributed by atoms with van der Waals surface area (Å²) >= 11 is 7.55. The Morgan fingerprint density at radius 3 is 3.05 bits per heavy atom. The highest BCUT2D eigenvalue weighted by molar-refractivity contribution is 7.09. The van der Waals surface area contributed by atoms with Crippen LogP contribution in [0.2, 0.25) is 0 Å². The van der Waals surface area contributed by atoms with E-state index in [1.54, 1.807) is 11.3 Å². The van der Waals surface area contributed by atoms with Gasteiger partial charge in [-0.3, -0.25) is 0 Å². The normalized spacial score (nSPS) is 21.5. The predicted octanol–water partition coefficient (Wildman–Crippen LogP) is 4.47. The van der Waals surface area contributed by atoms with Gasteiger partial charge in [-0.25, -0.2) is 4.98 Å². The Morgan fingerprint density at radius 1 is 1.42 bits per heavy atom. The molecule has 1 aliphatic heterocycles. The second-order valence-corrected chi connectivity index (χ2v) is 6.63. The van der Waals surface area contributed by atoms with E-state index in [0.717, 1.165) is 18.2 Å². The summed E-state index contributed by atoms with van der Waals surface area (Å²) in [5.41, 5.74) is 1.03. The largest absolute Gasteiger partial charge is 0.300 e. The molecule has 0 spiro atoms. The van der Waals surface area contributed by atoms with Gasteiger partial charge in [0.15, 0.2) is 0 Å². The molecule has 0 radical (unpaired) electrons. The zero-order valence-electron chi connectivity index (χ0n) is 11.9. The van der Waals surface area contributed by atoms with Crippen LogP contribution in [-0.2, 0) is 12.3 Å². The van der Waals surface area contributed by atoms with E-state index in [1.165, 1.54) is 56.6 Å². The standard InChI is InChI=1S/C15H25ClN2S/c1-2-14-7-4-3-5-9-18(14)10-6-8-15-17-13(11-16)12-19-15/h12,14H,2-11H2,1H3. The number of aromatic nitrogens is 1. The Balaban J connectivity index is 1.76. The maximum absolute atomic E-state index is 5.79. The van der Waals surface area contributed by atoms with Crippen LogP contribution in [0.5, 0.6) is 0 Å². The fraction of sp³-hybridized carbons (Fsp3) is 0.800. The van der Waals surface area contributed by atoms with Crippen LogP contribution in [0.4, 0.5) is 0 Å². The van der Waals surface area contributed by atoms with Crippen molar-refractivity contribution in [2.45, 2.75) is 63.8 Å². The molecule has 4 heteroatoms. The minimum Gasteiger partial charge on any atom is -0.300 e. The molecule has 2 heterocycles. The number of rotatable bonds is 6. The van der Waals surface area contributed by atoms with Crippen LogP contribution in [0.3, 0.4) is 0 Å². The number of aryl methyl sites for hydroxylation is 1. The molecule has 0 saturated carbocycles. The molecule has 1 aliphatic rings. The van der Waals surface area contributed by atoms with Crippen molar-refractivity contribution in [2.24, 2.45) is 0 Å². The topological polar surface area (TPSA) is 16.1 Å². The number of hydrogen-bond acceptors (Lipinski definition) is 3. The lowest BCUT2D eigenvalue weighted by Gasteiger charge is -2.28. The summed E-state index contributed by atoms with van der Waals surface area (Å²) in [5, 5.41) is 3.34. The summed E-state index contributed by atoms with van der Waals surface area (Å²) < 4.78 is 0. The molecule has 108 valence electrons. The molecular formula is C15H25ClN2S. The van der Waals surface area contributed by atoms with Gasteiger partial charge in [-0.15, -0.1) is 22.9 Å². The Labute approximate surface area is 126 Å². The van der Waals surface area contributed by atoms with Crippen LogP contribution in [0.15, 0.2) is 5.38 Å². The molecule has 1 aromatic rings. The van der Waals surface area contributed by atoms with Crippen LogP contribution in [0.25, 0.3) is 0 Å². The number of nitrogens with zero attached hydrogens (tertiary/aromatic N) is 2. The molecule has 0 amide bonds. The number of thiazole rings is 1. The fourth-order valence-electron chi connectivity index (χ4n) is 2.95. The van der Waals surface area contributed by atoms with Crippen molar-refractivity contribution in [1.29, 1.82) is 0 Å². The molecule has 1 saturated heterocycles. The Kier molecular flexibility index (Phi) is 6.62. The third-order valence-electron chi connectivity index (χ3n) is 4.04. The maximum atomic E-state index is 5.79. The highest BCUT2D eigenvalue weighted by atomic mass is 35.5. The average Bonchev–Trinajstić information content (AvgIpc) is 2.77. The van der Waals surface area contributed by atoms with E-state index in [0.29, 0.717) is 5.88 Å². The van der Waals surface area contributed by atoms with Gasteiger partial charge >= 0.3 is 0 Å². The van der Waals surface area contributed by atoms with Crippen LogP contribution >= 0.6 is 22.9 Å². The zero-order valence-corrected chi connectivity index (χ0v) is 13.5. The molecule has 0 aliphatic carbocycles. The average molecular weight is 301 g/mol. The van der Waals surface area contributed by atoms with Crippen molar-refractivity contribution >= 4 is 22.9 Å². The van der Waals surface area contributed by atoms with Crippen LogP contribution in [-0.4, -0.2) is 29.0 Å². The lowest BCUT2D eigenvalue weighted by Crippen LogP contribution is -2.35. The first-order chi connectivity index (χ1) is 9.33. The van der Waals surface area contributed by atoms with E-state index in [2.05, 4.69) is 22.2 Å². The third-order valence-corrected chi connectivity index (χ3v) is 5.27. The molecule has 1 atom stereocenters. The van der Waals surface area contributed by atoms with Gasteiger partial charge in [-0.1, -0.05) is 19.8 Å². The lowest BCUT2D eigenvalue weighted by molar-refractivity contribution is 0.192.